The molecule has 1 aromatic rings. The summed E-state index contributed by atoms with van der Waals surface area (Å²) in [5.41, 5.74) is 0.306. The van der Waals surface area contributed by atoms with E-state index in [-0.39, 0.29) is 13.2 Å². The molecule has 0 spiro atoms. The number of benzene rings is 1. The van der Waals surface area contributed by atoms with E-state index in [1.54, 1.807) is 30.3 Å². The molecule has 1 rings (SSSR count). The van der Waals surface area contributed by atoms with Gasteiger partial charge in [-0.15, -0.1) is 0 Å². The van der Waals surface area contributed by atoms with Crippen LogP contribution in [0.3, 0.4) is 0 Å². The van der Waals surface area contributed by atoms with E-state index in [0.29, 0.717) is 71.6 Å². The maximum Gasteiger partial charge on any atom is 0.379 e. The van der Waals surface area contributed by atoms with Crippen molar-refractivity contribution < 1.29 is 42.7 Å². The highest BCUT2D eigenvalue weighted by Crippen LogP contribution is 2.10. The average Bonchev–Trinajstić information content (AvgIpc) is 3.00. The van der Waals surface area contributed by atoms with Gasteiger partial charge in [0.1, 0.15) is 6.61 Å². The lowest BCUT2D eigenvalue weighted by atomic mass is 10.1. The number of rotatable bonds is 31. The Morgan fingerprint density at radius 2 is 0.829 bits per heavy atom. The van der Waals surface area contributed by atoms with Gasteiger partial charge in [0.2, 0.25) is 0 Å². The molecule has 0 aromatic heterocycles. The van der Waals surface area contributed by atoms with Crippen molar-refractivity contribution in [2.45, 2.75) is 71.1 Å². The summed E-state index contributed by atoms with van der Waals surface area (Å²) in [7, 11) is 0. The topological polar surface area (TPSA) is 98.8 Å². The molecule has 0 saturated carbocycles. The van der Waals surface area contributed by atoms with Gasteiger partial charge < -0.3 is 33.2 Å². The first-order chi connectivity index (χ1) is 20.3. The number of esters is 1. The predicted molar refractivity (Wildman–Crippen MR) is 158 cm³/mol. The Morgan fingerprint density at radius 1 is 0.463 bits per heavy atom. The van der Waals surface area contributed by atoms with Crippen molar-refractivity contribution in [3.63, 3.8) is 0 Å². The molecule has 0 amide bonds. The summed E-state index contributed by atoms with van der Waals surface area (Å²) in [6, 6.07) is 8.30. The summed E-state index contributed by atoms with van der Waals surface area (Å²) >= 11 is 0. The molecule has 0 aliphatic rings. The van der Waals surface area contributed by atoms with Gasteiger partial charge in [0, 0.05) is 12.2 Å². The molecular formula is C32H54O9. The van der Waals surface area contributed by atoms with Gasteiger partial charge in [0.25, 0.3) is 5.78 Å². The summed E-state index contributed by atoms with van der Waals surface area (Å²) in [6.07, 6.45) is 13.3. The smallest absolute Gasteiger partial charge is 0.379 e. The van der Waals surface area contributed by atoms with Gasteiger partial charge in [-0.05, 0) is 6.42 Å². The Bertz CT molecular complexity index is 714. The molecule has 0 heterocycles. The van der Waals surface area contributed by atoms with Gasteiger partial charge in [-0.3, -0.25) is 4.79 Å². The highest BCUT2D eigenvalue weighted by molar-refractivity contribution is 6.40. The summed E-state index contributed by atoms with van der Waals surface area (Å²) in [5.74, 6) is -1.55. The minimum Gasteiger partial charge on any atom is -0.457 e. The molecule has 41 heavy (non-hydrogen) atoms. The minimum atomic E-state index is -0.885. The molecule has 0 aliphatic heterocycles. The second-order valence-electron chi connectivity index (χ2n) is 9.69. The third kappa shape index (κ3) is 24.4. The average molecular weight is 583 g/mol. The van der Waals surface area contributed by atoms with Crippen molar-refractivity contribution in [1.29, 1.82) is 0 Å². The zero-order valence-corrected chi connectivity index (χ0v) is 25.3. The number of ether oxygens (including phenoxy) is 7. The van der Waals surface area contributed by atoms with Crippen LogP contribution in [0.2, 0.25) is 0 Å². The first-order valence-corrected chi connectivity index (χ1v) is 15.5. The van der Waals surface area contributed by atoms with Gasteiger partial charge in [0.05, 0.1) is 72.7 Å². The molecule has 0 saturated heterocycles. The van der Waals surface area contributed by atoms with Crippen LogP contribution < -0.4 is 0 Å². The van der Waals surface area contributed by atoms with E-state index >= 15 is 0 Å². The molecule has 236 valence electrons. The summed E-state index contributed by atoms with van der Waals surface area (Å²) < 4.78 is 37.7. The van der Waals surface area contributed by atoms with Gasteiger partial charge in [-0.25, -0.2) is 4.79 Å². The first-order valence-electron chi connectivity index (χ1n) is 15.5. The number of ketones is 1. The SMILES string of the molecule is CCCCCCCCCCCCOCCOCCOCCOCCOCCOCCOC(=O)C(=O)c1ccccc1. The van der Waals surface area contributed by atoms with E-state index in [9.17, 15) is 9.59 Å². The van der Waals surface area contributed by atoms with Crippen molar-refractivity contribution in [2.24, 2.45) is 0 Å². The largest absolute Gasteiger partial charge is 0.457 e. The maximum atomic E-state index is 11.9. The second kappa shape index (κ2) is 29.6. The second-order valence-corrected chi connectivity index (χ2v) is 9.69. The van der Waals surface area contributed by atoms with Gasteiger partial charge in [0.15, 0.2) is 0 Å². The summed E-state index contributed by atoms with van der Waals surface area (Å²) in [6.45, 7) is 8.28. The first kappa shape index (κ1) is 37.1. The summed E-state index contributed by atoms with van der Waals surface area (Å²) in [5, 5.41) is 0. The minimum absolute atomic E-state index is 0.0127. The summed E-state index contributed by atoms with van der Waals surface area (Å²) in [4.78, 5) is 23.6. The van der Waals surface area contributed by atoms with Gasteiger partial charge in [-0.1, -0.05) is 95.0 Å². The number of hydrogen-bond acceptors (Lipinski definition) is 9. The van der Waals surface area contributed by atoms with E-state index in [2.05, 4.69) is 6.92 Å². The van der Waals surface area contributed by atoms with Gasteiger partial charge >= 0.3 is 5.97 Å². The maximum absolute atomic E-state index is 11.9. The lowest BCUT2D eigenvalue weighted by molar-refractivity contribution is -0.139. The zero-order valence-electron chi connectivity index (χ0n) is 25.3. The van der Waals surface area contributed by atoms with Gasteiger partial charge in [-0.2, -0.15) is 0 Å². The number of carbonyl (C=O) groups excluding carboxylic acids is 2. The molecule has 0 bridgehead atoms. The molecule has 0 fully saturated rings. The standard InChI is InChI=1S/C32H54O9/c1-2-3-4-5-6-7-8-9-10-14-17-35-18-19-36-20-21-37-22-23-38-24-25-39-26-27-40-28-29-41-32(34)31(33)30-15-12-11-13-16-30/h11-13,15-16H,2-10,14,17-29H2,1H3. The van der Waals surface area contributed by atoms with Crippen molar-refractivity contribution in [3.05, 3.63) is 35.9 Å². The van der Waals surface area contributed by atoms with E-state index < -0.39 is 11.8 Å². The molecule has 0 unspecified atom stereocenters. The Hall–Kier alpha value is -1.88. The number of carbonyl (C=O) groups is 2. The van der Waals surface area contributed by atoms with E-state index in [1.807, 2.05) is 0 Å². The van der Waals surface area contributed by atoms with E-state index in [0.717, 1.165) is 13.0 Å². The van der Waals surface area contributed by atoms with Crippen LogP contribution in [0.5, 0.6) is 0 Å². The lowest BCUT2D eigenvalue weighted by Crippen LogP contribution is -2.20. The number of unbranched alkanes of at least 4 members (excludes halogenated alkanes) is 9. The fourth-order valence-corrected chi connectivity index (χ4v) is 3.86. The molecule has 0 radical (unpaired) electrons. The quantitative estimate of drug-likeness (QED) is 0.0491. The van der Waals surface area contributed by atoms with Crippen LogP contribution in [0, 0.1) is 0 Å². The lowest BCUT2D eigenvalue weighted by Gasteiger charge is -2.08. The van der Waals surface area contributed by atoms with Crippen LogP contribution >= 0.6 is 0 Å². The van der Waals surface area contributed by atoms with Crippen LogP contribution in [0.15, 0.2) is 30.3 Å². The molecule has 1 aromatic carbocycles. The van der Waals surface area contributed by atoms with Crippen molar-refractivity contribution >= 4 is 11.8 Å². The molecule has 9 nitrogen and oxygen atoms in total. The van der Waals surface area contributed by atoms with Crippen LogP contribution in [0.4, 0.5) is 0 Å². The normalized spacial score (nSPS) is 11.1. The molecular weight excluding hydrogens is 528 g/mol. The van der Waals surface area contributed by atoms with Crippen LogP contribution in [0.25, 0.3) is 0 Å². The third-order valence-corrected chi connectivity index (χ3v) is 6.18. The molecule has 0 atom stereocenters. The van der Waals surface area contributed by atoms with Crippen molar-refractivity contribution in [1.82, 2.24) is 0 Å². The molecule has 9 heteroatoms. The molecule has 0 aliphatic carbocycles. The van der Waals surface area contributed by atoms with Crippen LogP contribution in [-0.2, 0) is 38.0 Å². The van der Waals surface area contributed by atoms with Crippen molar-refractivity contribution in [2.75, 3.05) is 85.9 Å². The Morgan fingerprint density at radius 3 is 1.27 bits per heavy atom. The Kier molecular flexibility index (Phi) is 26.8. The predicted octanol–water partition coefficient (Wildman–Crippen LogP) is 5.43. The Balaban J connectivity index is 1.69. The van der Waals surface area contributed by atoms with Crippen molar-refractivity contribution in [3.8, 4) is 0 Å². The number of Topliss-reactive ketones (excluding diaryl/α,β-unsaturated/α-hetero) is 1. The Labute approximate surface area is 247 Å². The van der Waals surface area contributed by atoms with E-state index in [4.69, 9.17) is 33.2 Å². The van der Waals surface area contributed by atoms with Crippen LogP contribution in [-0.4, -0.2) is 97.6 Å². The fraction of sp³-hybridized carbons (Fsp3) is 0.750. The molecule has 0 N–H and O–H groups in total. The highest BCUT2D eigenvalue weighted by atomic mass is 16.6. The zero-order chi connectivity index (χ0) is 29.5. The number of hydrogen-bond donors (Lipinski definition) is 0. The van der Waals surface area contributed by atoms with Crippen LogP contribution in [0.1, 0.15) is 81.5 Å². The van der Waals surface area contributed by atoms with E-state index in [1.165, 1.54) is 57.8 Å². The third-order valence-electron chi connectivity index (χ3n) is 6.18. The highest BCUT2D eigenvalue weighted by Gasteiger charge is 2.17. The monoisotopic (exact) mass is 582 g/mol. The fourth-order valence-electron chi connectivity index (χ4n) is 3.86.